The van der Waals surface area contributed by atoms with E-state index < -0.39 is 0 Å². The molecule has 0 saturated carbocycles. The fourth-order valence-corrected chi connectivity index (χ4v) is 18.2. The first-order valence-corrected chi connectivity index (χ1v) is 30.7. The van der Waals surface area contributed by atoms with Gasteiger partial charge in [-0.3, -0.25) is 0 Å². The summed E-state index contributed by atoms with van der Waals surface area (Å²) in [6.45, 7) is 0.0360. The van der Waals surface area contributed by atoms with E-state index in [4.69, 9.17) is 0 Å². The van der Waals surface area contributed by atoms with Crippen LogP contribution < -0.4 is 59.0 Å². The molecule has 6 aliphatic heterocycles. The van der Waals surface area contributed by atoms with E-state index in [1.54, 1.807) is 0 Å². The number of anilines is 6. The molecule has 1 unspecified atom stereocenters. The molecule has 396 valence electrons. The third-order valence-electron chi connectivity index (χ3n) is 21.1. The summed E-state index contributed by atoms with van der Waals surface area (Å²) in [4.78, 5) is 5.07. The molecule has 0 amide bonds. The molecule has 8 heteroatoms. The number of fused-ring (bicyclic) bond motifs is 26. The van der Waals surface area contributed by atoms with Gasteiger partial charge in [0.05, 0.1) is 27.6 Å². The SMILES string of the molecule is c1ccc(C2c3ccccc3B3c4c2cccc4-n2c4c3cccc4c3c4c5ccc6c7c5n(c4c4c(c5ccc8c9c5n4-c4ccccc4B9c4ccccc4N8c4ccccc4)c32)-c2ccccc2B7c2ccccc2N6c2ccccc2)cc1. The second-order valence-corrected chi connectivity index (χ2v) is 24.8. The molecule has 22 rings (SSSR count). The number of aromatic nitrogens is 3. The van der Waals surface area contributed by atoms with Crippen LogP contribution in [0.15, 0.2) is 273 Å². The highest BCUT2D eigenvalue weighted by atomic mass is 15.2. The van der Waals surface area contributed by atoms with Crippen molar-refractivity contribution in [3.8, 4) is 17.1 Å². The molecule has 0 saturated heterocycles. The number of hydrogen-bond donors (Lipinski definition) is 0. The monoisotopic (exact) mass is 1100 g/mol. The standard InChI is InChI=1S/C79H46B3N5/c1-4-22-46(23-5-1)67-49-28-10-11-31-54(49)80-59-36-20-30-51-68-69-52-42-44-65-72-75(52)85(62-39-18-14-34-57(62)81(72)55-32-12-16-37-60(55)83(65)47-24-6-2-7-25-47)78(69)79-70(77(68)87(74(51)59)64-41-21-29-50(67)71(64)80)53-43-45-66-73-76(53)86(79)63-40-19-15-35-58(63)82(73)56-33-13-17-38-61(56)84(66)48-26-8-3-9-27-48/h1-45,67H. The van der Waals surface area contributed by atoms with E-state index in [1.165, 1.54) is 171 Å². The van der Waals surface area contributed by atoms with Gasteiger partial charge in [0.15, 0.2) is 0 Å². The zero-order chi connectivity index (χ0) is 56.1. The maximum Gasteiger partial charge on any atom is 0.252 e. The molecule has 0 fully saturated rings. The summed E-state index contributed by atoms with van der Waals surface area (Å²) in [6.07, 6.45) is 0. The summed E-state index contributed by atoms with van der Waals surface area (Å²) in [7, 11) is 0. The van der Waals surface area contributed by atoms with Crippen LogP contribution in [0.3, 0.4) is 0 Å². The molecule has 0 radical (unpaired) electrons. The van der Waals surface area contributed by atoms with Gasteiger partial charge in [-0.05, 0) is 127 Å². The van der Waals surface area contributed by atoms with Crippen LogP contribution in [-0.2, 0) is 0 Å². The Labute approximate surface area is 502 Å². The van der Waals surface area contributed by atoms with Gasteiger partial charge < -0.3 is 23.5 Å². The lowest BCUT2D eigenvalue weighted by Crippen LogP contribution is -2.61. The molecule has 0 bridgehead atoms. The fourth-order valence-electron chi connectivity index (χ4n) is 18.2. The summed E-state index contributed by atoms with van der Waals surface area (Å²) in [5.74, 6) is 0.0775. The van der Waals surface area contributed by atoms with Crippen molar-refractivity contribution in [1.82, 2.24) is 13.7 Å². The minimum atomic E-state index is -0.00521. The summed E-state index contributed by atoms with van der Waals surface area (Å²) in [6, 6.07) is 104. The number of benzene rings is 13. The van der Waals surface area contributed by atoms with Crippen molar-refractivity contribution in [2.24, 2.45) is 0 Å². The van der Waals surface area contributed by atoms with Gasteiger partial charge in [0, 0.05) is 94.9 Å². The van der Waals surface area contributed by atoms with Crippen LogP contribution in [0.4, 0.5) is 34.1 Å². The first kappa shape index (κ1) is 45.5. The van der Waals surface area contributed by atoms with E-state index in [1.807, 2.05) is 0 Å². The normalized spacial score (nSPS) is 14.9. The minimum absolute atomic E-state index is 0.00135. The predicted molar refractivity (Wildman–Crippen MR) is 367 cm³/mol. The topological polar surface area (TPSA) is 21.3 Å². The second kappa shape index (κ2) is 16.1. The Hall–Kier alpha value is -10.9. The molecular weight excluding hydrogens is 1050 g/mol. The highest BCUT2D eigenvalue weighted by Crippen LogP contribution is 2.54. The van der Waals surface area contributed by atoms with E-state index in [2.05, 4.69) is 296 Å². The Kier molecular flexibility index (Phi) is 8.40. The Balaban J connectivity index is 0.998. The molecule has 13 aromatic carbocycles. The van der Waals surface area contributed by atoms with Gasteiger partial charge in [0.2, 0.25) is 6.71 Å². The molecule has 5 nitrogen and oxygen atoms in total. The largest absolute Gasteiger partial charge is 0.311 e. The second-order valence-electron chi connectivity index (χ2n) is 24.8. The predicted octanol–water partition coefficient (Wildman–Crippen LogP) is 12.5. The number of rotatable bonds is 3. The zero-order valence-corrected chi connectivity index (χ0v) is 47.0. The van der Waals surface area contributed by atoms with Gasteiger partial charge in [0.25, 0.3) is 13.4 Å². The van der Waals surface area contributed by atoms with Crippen LogP contribution >= 0.6 is 0 Å². The highest BCUT2D eigenvalue weighted by Gasteiger charge is 2.48. The van der Waals surface area contributed by atoms with Crippen molar-refractivity contribution in [1.29, 1.82) is 0 Å². The average molecular weight is 1100 g/mol. The first-order valence-electron chi connectivity index (χ1n) is 30.7. The lowest BCUT2D eigenvalue weighted by Gasteiger charge is -2.40. The van der Waals surface area contributed by atoms with Crippen molar-refractivity contribution in [3.63, 3.8) is 0 Å². The van der Waals surface area contributed by atoms with Crippen molar-refractivity contribution >= 4 is 169 Å². The number of para-hydroxylation sites is 7. The van der Waals surface area contributed by atoms with Gasteiger partial charge >= 0.3 is 0 Å². The molecule has 6 aliphatic rings. The molecule has 1 atom stereocenters. The van der Waals surface area contributed by atoms with Crippen LogP contribution in [0.25, 0.3) is 82.5 Å². The van der Waals surface area contributed by atoms with Crippen molar-refractivity contribution < 1.29 is 0 Å². The number of hydrogen-bond acceptors (Lipinski definition) is 2. The van der Waals surface area contributed by atoms with Crippen molar-refractivity contribution in [3.05, 3.63) is 290 Å². The molecule has 16 aromatic rings. The Morgan fingerprint density at radius 1 is 0.230 bits per heavy atom. The van der Waals surface area contributed by atoms with E-state index in [9.17, 15) is 0 Å². The summed E-state index contributed by atoms with van der Waals surface area (Å²) >= 11 is 0. The summed E-state index contributed by atoms with van der Waals surface area (Å²) in [5, 5.41) is 7.74. The third kappa shape index (κ3) is 5.33. The molecule has 9 heterocycles. The zero-order valence-electron chi connectivity index (χ0n) is 47.0. The quantitative estimate of drug-likeness (QED) is 0.164. The van der Waals surface area contributed by atoms with E-state index >= 15 is 0 Å². The Morgan fingerprint density at radius 2 is 0.632 bits per heavy atom. The molecule has 0 aliphatic carbocycles. The summed E-state index contributed by atoms with van der Waals surface area (Å²) in [5.41, 5.74) is 34.8. The van der Waals surface area contributed by atoms with Gasteiger partial charge in [-0.1, -0.05) is 212 Å². The lowest BCUT2D eigenvalue weighted by atomic mass is 9.31. The minimum Gasteiger partial charge on any atom is -0.311 e. The molecule has 0 N–H and O–H groups in total. The van der Waals surface area contributed by atoms with Gasteiger partial charge in [0.1, 0.15) is 0 Å². The number of nitrogens with zero attached hydrogens (tertiary/aromatic N) is 5. The maximum atomic E-state index is 2.77. The van der Waals surface area contributed by atoms with Gasteiger partial charge in [-0.2, -0.15) is 0 Å². The van der Waals surface area contributed by atoms with Crippen molar-refractivity contribution in [2.45, 2.75) is 5.92 Å². The van der Waals surface area contributed by atoms with E-state index in [0.29, 0.717) is 0 Å². The van der Waals surface area contributed by atoms with Gasteiger partial charge in [-0.25, -0.2) is 0 Å². The van der Waals surface area contributed by atoms with Crippen LogP contribution in [0.5, 0.6) is 0 Å². The van der Waals surface area contributed by atoms with E-state index in [0.717, 1.165) is 11.4 Å². The van der Waals surface area contributed by atoms with Crippen LogP contribution in [0.1, 0.15) is 22.6 Å². The molecule has 3 aromatic heterocycles. The van der Waals surface area contributed by atoms with Crippen LogP contribution in [0.2, 0.25) is 0 Å². The highest BCUT2D eigenvalue weighted by molar-refractivity contribution is 7.02. The van der Waals surface area contributed by atoms with Gasteiger partial charge in [-0.15, -0.1) is 0 Å². The average Bonchev–Trinajstić information content (AvgIpc) is 1.52. The summed E-state index contributed by atoms with van der Waals surface area (Å²) < 4.78 is 8.27. The Morgan fingerprint density at radius 3 is 1.23 bits per heavy atom. The fraction of sp³-hybridized carbons (Fsp3) is 0.0127. The molecule has 0 spiro atoms. The Bertz CT molecular complexity index is 5820. The van der Waals surface area contributed by atoms with Crippen LogP contribution in [0, 0.1) is 0 Å². The van der Waals surface area contributed by atoms with E-state index in [-0.39, 0.29) is 26.1 Å². The molecular formula is C79H46B3N5. The van der Waals surface area contributed by atoms with Crippen molar-refractivity contribution in [2.75, 3.05) is 9.80 Å². The third-order valence-corrected chi connectivity index (χ3v) is 21.1. The smallest absolute Gasteiger partial charge is 0.252 e. The van der Waals surface area contributed by atoms with Crippen LogP contribution in [-0.4, -0.2) is 33.8 Å². The molecule has 87 heavy (non-hydrogen) atoms. The lowest BCUT2D eigenvalue weighted by molar-refractivity contribution is 0.980. The first-order chi connectivity index (χ1) is 43.3. The maximum absolute atomic E-state index is 2.77.